The Morgan fingerprint density at radius 3 is 2.29 bits per heavy atom. The van der Waals surface area contributed by atoms with Crippen LogP contribution in [0.5, 0.6) is 0 Å². The molecule has 0 bridgehead atoms. The molecule has 4 atom stereocenters. The molecule has 0 aromatic carbocycles. The molecule has 1 aliphatic carbocycles. The third kappa shape index (κ3) is 2.69. The van der Waals surface area contributed by atoms with Gasteiger partial charge in [-0.2, -0.15) is 0 Å². The van der Waals surface area contributed by atoms with Crippen LogP contribution in [0, 0.1) is 5.92 Å². The molecule has 3 nitrogen and oxygen atoms in total. The van der Waals surface area contributed by atoms with Crippen molar-refractivity contribution in [2.75, 3.05) is 0 Å². The highest BCUT2D eigenvalue weighted by Gasteiger charge is 2.42. The Bertz CT molecular complexity index is 186. The van der Waals surface area contributed by atoms with Gasteiger partial charge in [-0.1, -0.05) is 19.3 Å². The van der Waals surface area contributed by atoms with Crippen molar-refractivity contribution in [1.29, 1.82) is 0 Å². The smallest absolute Gasteiger partial charge is 0.182 e. The summed E-state index contributed by atoms with van der Waals surface area (Å²) in [6.07, 6.45) is 8.03. The minimum Gasteiger partial charge on any atom is -0.366 e. The van der Waals surface area contributed by atoms with Gasteiger partial charge >= 0.3 is 0 Å². The quantitative estimate of drug-likeness (QED) is 0.627. The molecule has 3 heteroatoms. The number of aliphatic hydroxyl groups excluding tert-OH is 1. The lowest BCUT2D eigenvalue weighted by molar-refractivity contribution is 0.155. The van der Waals surface area contributed by atoms with Crippen molar-refractivity contribution in [3.8, 4) is 0 Å². The van der Waals surface area contributed by atoms with Gasteiger partial charge in [0, 0.05) is 6.04 Å². The lowest BCUT2D eigenvalue weighted by atomic mass is 9.93. The van der Waals surface area contributed by atoms with Crippen molar-refractivity contribution in [3.63, 3.8) is 0 Å². The summed E-state index contributed by atoms with van der Waals surface area (Å²) in [4.78, 5) is 0. The third-order valence-electron chi connectivity index (χ3n) is 3.52. The molecular formula is C11H21NO2. The van der Waals surface area contributed by atoms with Gasteiger partial charge in [0.1, 0.15) is 6.10 Å². The molecule has 82 valence electrons. The Morgan fingerprint density at radius 1 is 1.00 bits per heavy atom. The Morgan fingerprint density at radius 2 is 1.57 bits per heavy atom. The summed E-state index contributed by atoms with van der Waals surface area (Å²) in [7, 11) is 0. The van der Waals surface area contributed by atoms with Crippen LogP contribution in [0.4, 0.5) is 0 Å². The van der Waals surface area contributed by atoms with Crippen LogP contribution < -0.4 is 5.73 Å². The van der Waals surface area contributed by atoms with E-state index >= 15 is 0 Å². The Labute approximate surface area is 85.6 Å². The lowest BCUT2D eigenvalue weighted by Crippen LogP contribution is -2.19. The van der Waals surface area contributed by atoms with Gasteiger partial charge in [0.25, 0.3) is 0 Å². The average Bonchev–Trinajstić information content (AvgIpc) is 2.83. The molecule has 1 saturated carbocycles. The van der Waals surface area contributed by atoms with Gasteiger partial charge in [-0.15, -0.1) is 0 Å². The topological polar surface area (TPSA) is 58.8 Å². The molecule has 0 spiro atoms. The van der Waals surface area contributed by atoms with Gasteiger partial charge in [0.05, 0.1) is 0 Å². The van der Waals surface area contributed by atoms with Crippen LogP contribution in [0.3, 0.4) is 0 Å². The fourth-order valence-electron chi connectivity index (χ4n) is 2.53. The predicted octanol–water partition coefficient (Wildman–Crippen LogP) is 1.39. The fraction of sp³-hybridized carbons (Fsp3) is 1.00. The van der Waals surface area contributed by atoms with Crippen molar-refractivity contribution in [2.45, 2.75) is 63.4 Å². The van der Waals surface area contributed by atoms with Crippen LogP contribution >= 0.6 is 0 Å². The van der Waals surface area contributed by atoms with Crippen molar-refractivity contribution >= 4 is 0 Å². The minimum atomic E-state index is -0.463. The summed E-state index contributed by atoms with van der Waals surface area (Å²) >= 11 is 0. The van der Waals surface area contributed by atoms with Crippen LogP contribution in [0.25, 0.3) is 0 Å². The van der Waals surface area contributed by atoms with Crippen LogP contribution in [-0.4, -0.2) is 23.5 Å². The summed E-state index contributed by atoms with van der Waals surface area (Å²) in [6.45, 7) is 0. The molecule has 0 amide bonds. The van der Waals surface area contributed by atoms with E-state index in [9.17, 15) is 5.11 Å². The van der Waals surface area contributed by atoms with E-state index in [2.05, 4.69) is 0 Å². The normalized spacial score (nSPS) is 45.0. The Kier molecular flexibility index (Phi) is 3.42. The highest BCUT2D eigenvalue weighted by molar-refractivity contribution is 4.84. The van der Waals surface area contributed by atoms with Crippen LogP contribution in [0.2, 0.25) is 0 Å². The summed E-state index contributed by atoms with van der Waals surface area (Å²) in [6, 6.07) is 0.402. The van der Waals surface area contributed by atoms with Crippen LogP contribution in [0.15, 0.2) is 0 Å². The van der Waals surface area contributed by atoms with Gasteiger partial charge in [0.15, 0.2) is 6.29 Å². The van der Waals surface area contributed by atoms with Gasteiger partial charge in [-0.25, -0.2) is 0 Å². The van der Waals surface area contributed by atoms with Gasteiger partial charge in [0.2, 0.25) is 0 Å². The van der Waals surface area contributed by atoms with Gasteiger partial charge in [-0.3, -0.25) is 0 Å². The highest BCUT2D eigenvalue weighted by Crippen LogP contribution is 2.35. The number of rotatable bonds is 1. The van der Waals surface area contributed by atoms with Gasteiger partial charge in [-0.05, 0) is 31.6 Å². The van der Waals surface area contributed by atoms with Crippen LogP contribution in [-0.2, 0) is 4.74 Å². The molecule has 0 radical (unpaired) electrons. The maximum atomic E-state index is 9.22. The molecule has 1 saturated heterocycles. The number of nitrogens with two attached hydrogens (primary N) is 1. The zero-order chi connectivity index (χ0) is 9.97. The zero-order valence-corrected chi connectivity index (χ0v) is 8.69. The standard InChI is InChI=1S/C11H21NO2/c12-9-6-2-1-4-8(5-3-7-9)10-11(13)14-10/h8-11,13H,1-7,12H2. The monoisotopic (exact) mass is 199 g/mol. The number of ether oxygens (including phenoxy) is 1. The van der Waals surface area contributed by atoms with Crippen molar-refractivity contribution in [2.24, 2.45) is 11.7 Å². The lowest BCUT2D eigenvalue weighted by Gasteiger charge is -2.12. The number of hydrogen-bond acceptors (Lipinski definition) is 3. The second kappa shape index (κ2) is 4.60. The number of aliphatic hydroxyl groups is 1. The highest BCUT2D eigenvalue weighted by atomic mass is 16.7. The largest absolute Gasteiger partial charge is 0.366 e. The van der Waals surface area contributed by atoms with E-state index < -0.39 is 6.29 Å². The zero-order valence-electron chi connectivity index (χ0n) is 8.69. The van der Waals surface area contributed by atoms with Crippen LogP contribution in [0.1, 0.15) is 44.9 Å². The molecule has 0 aromatic rings. The van der Waals surface area contributed by atoms with E-state index in [0.29, 0.717) is 12.0 Å². The minimum absolute atomic E-state index is 0.143. The second-order valence-electron chi connectivity index (χ2n) is 4.73. The van der Waals surface area contributed by atoms with Crippen molar-refractivity contribution in [1.82, 2.24) is 0 Å². The molecule has 0 aromatic heterocycles. The molecule has 2 aliphatic rings. The summed E-state index contributed by atoms with van der Waals surface area (Å²) in [5.41, 5.74) is 5.96. The molecular weight excluding hydrogens is 178 g/mol. The first-order valence-corrected chi connectivity index (χ1v) is 5.86. The van der Waals surface area contributed by atoms with E-state index in [1.807, 2.05) is 0 Å². The first kappa shape index (κ1) is 10.4. The molecule has 2 fully saturated rings. The molecule has 3 N–H and O–H groups in total. The molecule has 1 heterocycles. The van der Waals surface area contributed by atoms with E-state index in [1.54, 1.807) is 0 Å². The van der Waals surface area contributed by atoms with Crippen molar-refractivity contribution < 1.29 is 9.84 Å². The summed E-state index contributed by atoms with van der Waals surface area (Å²) in [5, 5.41) is 9.22. The average molecular weight is 199 g/mol. The van der Waals surface area contributed by atoms with E-state index in [1.165, 1.54) is 38.5 Å². The SMILES string of the molecule is NC1CCCCC(C2OC2O)CCC1. The number of hydrogen-bond donors (Lipinski definition) is 2. The molecule has 14 heavy (non-hydrogen) atoms. The van der Waals surface area contributed by atoms with Gasteiger partial charge < -0.3 is 15.6 Å². The fourth-order valence-corrected chi connectivity index (χ4v) is 2.53. The Hall–Kier alpha value is -0.120. The maximum absolute atomic E-state index is 9.22. The summed E-state index contributed by atoms with van der Waals surface area (Å²) < 4.78 is 5.14. The second-order valence-corrected chi connectivity index (χ2v) is 4.73. The first-order valence-electron chi connectivity index (χ1n) is 5.86. The third-order valence-corrected chi connectivity index (χ3v) is 3.52. The van der Waals surface area contributed by atoms with E-state index in [4.69, 9.17) is 10.5 Å². The Balaban J connectivity index is 1.80. The molecule has 4 unspecified atom stereocenters. The maximum Gasteiger partial charge on any atom is 0.182 e. The van der Waals surface area contributed by atoms with E-state index in [0.717, 1.165) is 6.42 Å². The number of epoxide rings is 1. The summed E-state index contributed by atoms with van der Waals surface area (Å²) in [5.74, 6) is 0.579. The predicted molar refractivity (Wildman–Crippen MR) is 54.7 cm³/mol. The first-order chi connectivity index (χ1) is 6.77. The van der Waals surface area contributed by atoms with E-state index in [-0.39, 0.29) is 6.10 Å². The van der Waals surface area contributed by atoms with Crippen molar-refractivity contribution in [3.05, 3.63) is 0 Å². The molecule has 2 rings (SSSR count). The molecule has 1 aliphatic heterocycles.